The first-order chi connectivity index (χ1) is 8.06. The lowest BCUT2D eigenvalue weighted by atomic mass is 9.78. The topological polar surface area (TPSA) is 46.9 Å². The van der Waals surface area contributed by atoms with Crippen molar-refractivity contribution in [3.63, 3.8) is 0 Å². The minimum atomic E-state index is -0.198. The van der Waals surface area contributed by atoms with Crippen LogP contribution in [0.15, 0.2) is 15.5 Å². The molecule has 1 aromatic rings. The van der Waals surface area contributed by atoms with Crippen molar-refractivity contribution < 1.29 is 0 Å². The van der Waals surface area contributed by atoms with Crippen LogP contribution < -0.4 is 10.9 Å². The normalized spacial score (nSPS) is 17.0. The average Bonchev–Trinajstić information content (AvgIpc) is 2.27. The van der Waals surface area contributed by atoms with Crippen LogP contribution in [0.25, 0.3) is 0 Å². The molecule has 90 valence electrons. The van der Waals surface area contributed by atoms with Crippen molar-refractivity contribution >= 4 is 21.6 Å². The molecule has 1 aliphatic carbocycles. The van der Waals surface area contributed by atoms with Crippen molar-refractivity contribution in [3.8, 4) is 12.3 Å². The first-order valence-corrected chi connectivity index (χ1v) is 6.32. The number of aromatic nitrogens is 2. The second kappa shape index (κ2) is 4.53. The molecule has 0 amide bonds. The van der Waals surface area contributed by atoms with Crippen LogP contribution in [-0.4, -0.2) is 15.3 Å². The number of halogens is 1. The number of terminal acetylenes is 1. The molecule has 0 aromatic carbocycles. The maximum Gasteiger partial charge on any atom is 0.284 e. The summed E-state index contributed by atoms with van der Waals surface area (Å²) in [5.74, 6) is 2.40. The van der Waals surface area contributed by atoms with Crippen LogP contribution in [0.2, 0.25) is 0 Å². The quantitative estimate of drug-likeness (QED) is 0.868. The van der Waals surface area contributed by atoms with E-state index in [1.807, 2.05) is 0 Å². The maximum absolute atomic E-state index is 11.9. The number of nitrogens with zero attached hydrogens (tertiary/aromatic N) is 2. The van der Waals surface area contributed by atoms with Gasteiger partial charge in [0, 0.05) is 5.54 Å². The van der Waals surface area contributed by atoms with E-state index in [-0.39, 0.29) is 17.6 Å². The average molecular weight is 296 g/mol. The van der Waals surface area contributed by atoms with Crippen LogP contribution in [0, 0.1) is 12.3 Å². The van der Waals surface area contributed by atoms with Crippen molar-refractivity contribution in [2.24, 2.45) is 0 Å². The van der Waals surface area contributed by atoms with E-state index in [0.29, 0.717) is 4.47 Å². The minimum Gasteiger partial charge on any atom is -0.378 e. The van der Waals surface area contributed by atoms with Gasteiger partial charge in [0.05, 0.1) is 11.9 Å². The fourth-order valence-corrected chi connectivity index (χ4v) is 2.31. The molecule has 0 atom stereocenters. The third-order valence-electron chi connectivity index (χ3n) is 3.12. The Kier molecular flexibility index (Phi) is 3.25. The van der Waals surface area contributed by atoms with Gasteiger partial charge in [-0.15, -0.1) is 6.42 Å². The predicted molar refractivity (Wildman–Crippen MR) is 70.9 cm³/mol. The van der Waals surface area contributed by atoms with E-state index in [4.69, 9.17) is 6.42 Å². The van der Waals surface area contributed by atoms with Crippen LogP contribution >= 0.6 is 15.9 Å². The highest BCUT2D eigenvalue weighted by Crippen LogP contribution is 2.35. The van der Waals surface area contributed by atoms with E-state index in [1.165, 1.54) is 11.1 Å². The molecule has 1 N–H and O–H groups in total. The summed E-state index contributed by atoms with van der Waals surface area (Å²) in [6.45, 7) is 2.34. The maximum atomic E-state index is 11.9. The summed E-state index contributed by atoms with van der Waals surface area (Å²) >= 11 is 3.30. The van der Waals surface area contributed by atoms with Crippen molar-refractivity contribution in [3.05, 3.63) is 21.0 Å². The first-order valence-electron chi connectivity index (χ1n) is 5.53. The number of rotatable bonds is 3. The van der Waals surface area contributed by atoms with Gasteiger partial charge in [0.15, 0.2) is 0 Å². The van der Waals surface area contributed by atoms with Gasteiger partial charge >= 0.3 is 0 Å². The van der Waals surface area contributed by atoms with E-state index in [1.54, 1.807) is 6.20 Å². The summed E-state index contributed by atoms with van der Waals surface area (Å²) in [5.41, 5.74) is 0.635. The van der Waals surface area contributed by atoms with Gasteiger partial charge in [-0.05, 0) is 42.1 Å². The van der Waals surface area contributed by atoms with E-state index in [0.717, 1.165) is 18.5 Å². The molecular formula is C12H14BrN3O. The van der Waals surface area contributed by atoms with Crippen LogP contribution in [-0.2, 0) is 6.54 Å². The Bertz CT molecular complexity index is 526. The summed E-state index contributed by atoms with van der Waals surface area (Å²) < 4.78 is 1.76. The Morgan fingerprint density at radius 2 is 2.41 bits per heavy atom. The Balaban J connectivity index is 2.28. The second-order valence-electron chi connectivity index (χ2n) is 4.58. The van der Waals surface area contributed by atoms with Crippen LogP contribution in [0.1, 0.15) is 26.2 Å². The minimum absolute atomic E-state index is 0.0922. The molecule has 1 aliphatic rings. The molecule has 0 saturated heterocycles. The van der Waals surface area contributed by atoms with Crippen LogP contribution in [0.5, 0.6) is 0 Å². The monoisotopic (exact) mass is 295 g/mol. The van der Waals surface area contributed by atoms with Crippen LogP contribution in [0.4, 0.5) is 5.69 Å². The molecule has 1 aromatic heterocycles. The molecule has 0 bridgehead atoms. The van der Waals surface area contributed by atoms with E-state index >= 15 is 0 Å². The molecule has 1 heterocycles. The lowest BCUT2D eigenvalue weighted by molar-refractivity contribution is 0.306. The van der Waals surface area contributed by atoms with Gasteiger partial charge in [-0.25, -0.2) is 4.68 Å². The molecule has 0 radical (unpaired) electrons. The van der Waals surface area contributed by atoms with Gasteiger partial charge in [0.2, 0.25) is 0 Å². The predicted octanol–water partition coefficient (Wildman–Crippen LogP) is 1.99. The standard InChI is InChI=1S/C12H14BrN3O/c1-3-7-16-11(17)10(13)9(8-14-16)15-12(2)5-4-6-12/h1,8,15H,4-7H2,2H3. The zero-order chi connectivity index (χ0) is 12.5. The summed E-state index contributed by atoms with van der Waals surface area (Å²) in [6, 6.07) is 0. The van der Waals surface area contributed by atoms with E-state index in [2.05, 4.69) is 39.2 Å². The Morgan fingerprint density at radius 1 is 1.71 bits per heavy atom. The summed E-state index contributed by atoms with van der Waals surface area (Å²) in [4.78, 5) is 11.9. The summed E-state index contributed by atoms with van der Waals surface area (Å²) in [6.07, 6.45) is 10.3. The Morgan fingerprint density at radius 3 is 2.94 bits per heavy atom. The Labute approximate surface area is 109 Å². The summed E-state index contributed by atoms with van der Waals surface area (Å²) in [7, 11) is 0. The van der Waals surface area contributed by atoms with Crippen LogP contribution in [0.3, 0.4) is 0 Å². The zero-order valence-corrected chi connectivity index (χ0v) is 11.2. The smallest absolute Gasteiger partial charge is 0.284 e. The lowest BCUT2D eigenvalue weighted by Gasteiger charge is -2.40. The first kappa shape index (κ1) is 12.2. The molecule has 1 fully saturated rings. The van der Waals surface area contributed by atoms with E-state index in [9.17, 15) is 4.79 Å². The van der Waals surface area contributed by atoms with Gasteiger partial charge < -0.3 is 5.32 Å². The lowest BCUT2D eigenvalue weighted by Crippen LogP contribution is -2.42. The van der Waals surface area contributed by atoms with Gasteiger partial charge in [-0.3, -0.25) is 4.79 Å². The highest BCUT2D eigenvalue weighted by molar-refractivity contribution is 9.10. The Hall–Kier alpha value is -1.28. The van der Waals surface area contributed by atoms with Gasteiger partial charge in [0.1, 0.15) is 11.0 Å². The fraction of sp³-hybridized carbons (Fsp3) is 0.500. The number of nitrogens with one attached hydrogen (secondary N) is 1. The molecule has 2 rings (SSSR count). The fourth-order valence-electron chi connectivity index (χ4n) is 1.91. The largest absolute Gasteiger partial charge is 0.378 e. The highest BCUT2D eigenvalue weighted by atomic mass is 79.9. The third-order valence-corrected chi connectivity index (χ3v) is 3.89. The number of hydrogen-bond donors (Lipinski definition) is 1. The molecule has 0 spiro atoms. The van der Waals surface area contributed by atoms with Crippen molar-refractivity contribution in [1.82, 2.24) is 9.78 Å². The molecule has 17 heavy (non-hydrogen) atoms. The molecule has 0 unspecified atom stereocenters. The van der Waals surface area contributed by atoms with E-state index < -0.39 is 0 Å². The third kappa shape index (κ3) is 2.37. The van der Waals surface area contributed by atoms with Crippen molar-refractivity contribution in [2.45, 2.75) is 38.3 Å². The summed E-state index contributed by atoms with van der Waals surface area (Å²) in [5, 5.41) is 7.40. The number of anilines is 1. The van der Waals surface area contributed by atoms with Gasteiger partial charge in [0.25, 0.3) is 5.56 Å². The zero-order valence-electron chi connectivity index (χ0n) is 9.66. The SMILES string of the molecule is C#CCn1ncc(NC2(C)CCC2)c(Br)c1=O. The van der Waals surface area contributed by atoms with Crippen molar-refractivity contribution in [2.75, 3.05) is 5.32 Å². The molecule has 0 aliphatic heterocycles. The number of hydrogen-bond acceptors (Lipinski definition) is 3. The molecule has 1 saturated carbocycles. The van der Waals surface area contributed by atoms with Crippen molar-refractivity contribution in [1.29, 1.82) is 0 Å². The van der Waals surface area contributed by atoms with Gasteiger partial charge in [-0.1, -0.05) is 5.92 Å². The molecule has 5 heteroatoms. The van der Waals surface area contributed by atoms with Gasteiger partial charge in [-0.2, -0.15) is 5.10 Å². The second-order valence-corrected chi connectivity index (χ2v) is 5.37. The highest BCUT2D eigenvalue weighted by Gasteiger charge is 2.32. The molecular weight excluding hydrogens is 282 g/mol. The molecule has 4 nitrogen and oxygen atoms in total.